The molecule has 124 valence electrons. The van der Waals surface area contributed by atoms with Crippen molar-refractivity contribution in [2.75, 3.05) is 0 Å². The molecule has 1 unspecified atom stereocenters. The summed E-state index contributed by atoms with van der Waals surface area (Å²) in [7, 11) is 0. The minimum atomic E-state index is -0.469. The Morgan fingerprint density at radius 1 is 0.958 bits per heavy atom. The highest BCUT2D eigenvalue weighted by atomic mass is 16.5. The van der Waals surface area contributed by atoms with Gasteiger partial charge in [0.05, 0.1) is 5.92 Å². The van der Waals surface area contributed by atoms with Crippen molar-refractivity contribution in [2.24, 2.45) is 5.92 Å². The normalized spacial score (nSPS) is 11.9. The first-order valence-corrected chi connectivity index (χ1v) is 7.85. The van der Waals surface area contributed by atoms with Gasteiger partial charge in [-0.3, -0.25) is 4.79 Å². The summed E-state index contributed by atoms with van der Waals surface area (Å²) in [5.41, 5.74) is 0.918. The van der Waals surface area contributed by atoms with Crippen LogP contribution >= 0.6 is 0 Å². The quantitative estimate of drug-likeness (QED) is 0.453. The molecule has 0 saturated carbocycles. The molecule has 4 heteroatoms. The average Bonchev–Trinajstić information content (AvgIpc) is 2.61. The van der Waals surface area contributed by atoms with Crippen molar-refractivity contribution in [1.82, 2.24) is 0 Å². The molecule has 0 aliphatic carbocycles. The molecule has 2 aromatic carbocycles. The Hall–Kier alpha value is -2.88. The van der Waals surface area contributed by atoms with E-state index < -0.39 is 5.97 Å². The van der Waals surface area contributed by atoms with Gasteiger partial charge in [0.2, 0.25) is 0 Å². The predicted octanol–water partition coefficient (Wildman–Crippen LogP) is 4.26. The van der Waals surface area contributed by atoms with Crippen LogP contribution < -0.4 is 9.47 Å². The van der Waals surface area contributed by atoms with E-state index in [4.69, 9.17) is 9.47 Å². The second kappa shape index (κ2) is 8.67. The Bertz CT molecular complexity index is 702. The summed E-state index contributed by atoms with van der Waals surface area (Å²) in [6.07, 6.45) is 3.78. The van der Waals surface area contributed by atoms with Crippen LogP contribution in [0.25, 0.3) is 6.08 Å². The van der Waals surface area contributed by atoms with Gasteiger partial charge in [0.15, 0.2) is 0 Å². The van der Waals surface area contributed by atoms with E-state index in [0.717, 1.165) is 12.0 Å². The second-order valence-electron chi connectivity index (χ2n) is 5.37. The Morgan fingerprint density at radius 3 is 2.12 bits per heavy atom. The molecular weight excluding hydrogens is 304 g/mol. The highest BCUT2D eigenvalue weighted by molar-refractivity contribution is 5.88. The maximum atomic E-state index is 11.8. The summed E-state index contributed by atoms with van der Waals surface area (Å²) in [6.45, 7) is 3.75. The summed E-state index contributed by atoms with van der Waals surface area (Å²) in [4.78, 5) is 23.5. The molecule has 2 rings (SSSR count). The topological polar surface area (TPSA) is 52.6 Å². The van der Waals surface area contributed by atoms with Crippen LogP contribution in [0, 0.1) is 5.92 Å². The van der Waals surface area contributed by atoms with E-state index in [9.17, 15) is 9.59 Å². The maximum absolute atomic E-state index is 11.8. The average molecular weight is 324 g/mol. The van der Waals surface area contributed by atoms with Crippen LogP contribution in [0.5, 0.6) is 11.5 Å². The van der Waals surface area contributed by atoms with Crippen LogP contribution in [0.4, 0.5) is 0 Å². The summed E-state index contributed by atoms with van der Waals surface area (Å²) < 4.78 is 10.4. The summed E-state index contributed by atoms with van der Waals surface area (Å²) in [6, 6.07) is 15.9. The summed E-state index contributed by atoms with van der Waals surface area (Å²) >= 11 is 0. The summed E-state index contributed by atoms with van der Waals surface area (Å²) in [5.74, 6) is -0.0668. The largest absolute Gasteiger partial charge is 0.426 e. The second-order valence-corrected chi connectivity index (χ2v) is 5.37. The first kappa shape index (κ1) is 17.5. The van der Waals surface area contributed by atoms with E-state index in [-0.39, 0.29) is 11.9 Å². The molecule has 0 aromatic heterocycles. The van der Waals surface area contributed by atoms with Gasteiger partial charge in [0.1, 0.15) is 11.5 Å². The van der Waals surface area contributed by atoms with Gasteiger partial charge in [-0.1, -0.05) is 44.2 Å². The van der Waals surface area contributed by atoms with Gasteiger partial charge in [0.25, 0.3) is 0 Å². The van der Waals surface area contributed by atoms with Crippen LogP contribution in [0.1, 0.15) is 25.8 Å². The Morgan fingerprint density at radius 2 is 1.54 bits per heavy atom. The number of rotatable bonds is 6. The van der Waals surface area contributed by atoms with Crippen LogP contribution in [0.2, 0.25) is 0 Å². The minimum Gasteiger partial charge on any atom is -0.426 e. The molecular formula is C20H20O4. The van der Waals surface area contributed by atoms with E-state index >= 15 is 0 Å². The van der Waals surface area contributed by atoms with Crippen molar-refractivity contribution in [3.63, 3.8) is 0 Å². The van der Waals surface area contributed by atoms with Crippen LogP contribution in [0.3, 0.4) is 0 Å². The number of hydrogen-bond donors (Lipinski definition) is 0. The van der Waals surface area contributed by atoms with Crippen molar-refractivity contribution in [2.45, 2.75) is 20.3 Å². The molecule has 0 aliphatic heterocycles. The minimum absolute atomic E-state index is 0.148. The SMILES string of the molecule is CCC(C)C(=O)Oc1ccc(OC(=O)/C=C/c2ccccc2)cc1. The smallest absolute Gasteiger partial charge is 0.336 e. The lowest BCUT2D eigenvalue weighted by Gasteiger charge is -2.09. The third-order valence-electron chi connectivity index (χ3n) is 3.49. The Kier molecular flexibility index (Phi) is 6.32. The molecule has 0 amide bonds. The van der Waals surface area contributed by atoms with E-state index in [1.165, 1.54) is 6.08 Å². The number of carbonyl (C=O) groups is 2. The number of hydrogen-bond acceptors (Lipinski definition) is 4. The van der Waals surface area contributed by atoms with E-state index in [1.54, 1.807) is 30.3 Å². The van der Waals surface area contributed by atoms with Crippen molar-refractivity contribution >= 4 is 18.0 Å². The molecule has 2 aromatic rings. The highest BCUT2D eigenvalue weighted by Gasteiger charge is 2.13. The first-order chi connectivity index (χ1) is 11.6. The number of ether oxygens (including phenoxy) is 2. The van der Waals surface area contributed by atoms with Crippen molar-refractivity contribution in [3.8, 4) is 11.5 Å². The molecule has 0 radical (unpaired) electrons. The van der Waals surface area contributed by atoms with Crippen molar-refractivity contribution < 1.29 is 19.1 Å². The fraction of sp³-hybridized carbons (Fsp3) is 0.200. The van der Waals surface area contributed by atoms with Gasteiger partial charge in [-0.25, -0.2) is 4.79 Å². The first-order valence-electron chi connectivity index (χ1n) is 7.85. The lowest BCUT2D eigenvalue weighted by Crippen LogP contribution is -2.16. The summed E-state index contributed by atoms with van der Waals surface area (Å²) in [5, 5.41) is 0. The third kappa shape index (κ3) is 5.39. The van der Waals surface area contributed by atoms with E-state index in [0.29, 0.717) is 11.5 Å². The van der Waals surface area contributed by atoms with Gasteiger partial charge in [-0.2, -0.15) is 0 Å². The molecule has 0 fully saturated rings. The van der Waals surface area contributed by atoms with Gasteiger partial charge in [-0.05, 0) is 42.3 Å². The molecule has 0 saturated heterocycles. The van der Waals surface area contributed by atoms with Gasteiger partial charge in [-0.15, -0.1) is 0 Å². The van der Waals surface area contributed by atoms with Gasteiger partial charge >= 0.3 is 11.9 Å². The van der Waals surface area contributed by atoms with Crippen LogP contribution in [-0.4, -0.2) is 11.9 Å². The standard InChI is InChI=1S/C20H20O4/c1-3-15(2)20(22)24-18-12-10-17(11-13-18)23-19(21)14-9-16-7-5-4-6-8-16/h4-15H,3H2,1-2H3/b14-9+. The van der Waals surface area contributed by atoms with Crippen molar-refractivity contribution in [3.05, 3.63) is 66.2 Å². The van der Waals surface area contributed by atoms with Gasteiger partial charge < -0.3 is 9.47 Å². The van der Waals surface area contributed by atoms with E-state index in [1.807, 2.05) is 44.2 Å². The Balaban J connectivity index is 1.90. The number of carbonyl (C=O) groups excluding carboxylic acids is 2. The molecule has 0 heterocycles. The van der Waals surface area contributed by atoms with Crippen LogP contribution in [-0.2, 0) is 9.59 Å². The zero-order valence-corrected chi connectivity index (χ0v) is 13.8. The van der Waals surface area contributed by atoms with Gasteiger partial charge in [0, 0.05) is 6.08 Å². The molecule has 0 aliphatic rings. The lowest BCUT2D eigenvalue weighted by atomic mass is 10.1. The number of benzene rings is 2. The third-order valence-corrected chi connectivity index (χ3v) is 3.49. The molecule has 24 heavy (non-hydrogen) atoms. The monoisotopic (exact) mass is 324 g/mol. The molecule has 1 atom stereocenters. The molecule has 4 nitrogen and oxygen atoms in total. The van der Waals surface area contributed by atoms with Crippen LogP contribution in [0.15, 0.2) is 60.7 Å². The molecule has 0 N–H and O–H groups in total. The van der Waals surface area contributed by atoms with E-state index in [2.05, 4.69) is 0 Å². The molecule has 0 spiro atoms. The fourth-order valence-electron chi connectivity index (χ4n) is 1.84. The zero-order chi connectivity index (χ0) is 17.4. The Labute approximate surface area is 141 Å². The number of esters is 2. The molecule has 0 bridgehead atoms. The van der Waals surface area contributed by atoms with Crippen molar-refractivity contribution in [1.29, 1.82) is 0 Å². The fourth-order valence-corrected chi connectivity index (χ4v) is 1.84. The maximum Gasteiger partial charge on any atom is 0.336 e. The zero-order valence-electron chi connectivity index (χ0n) is 13.8. The lowest BCUT2D eigenvalue weighted by molar-refractivity contribution is -0.138. The highest BCUT2D eigenvalue weighted by Crippen LogP contribution is 2.19. The predicted molar refractivity (Wildman–Crippen MR) is 92.6 cm³/mol.